The number of thioether (sulfide) groups is 1. The number of aryl methyl sites for hydroxylation is 1. The van der Waals surface area contributed by atoms with Gasteiger partial charge in [0.25, 0.3) is 0 Å². The Kier molecular flexibility index (Phi) is 4.21. The molecule has 0 unspecified atom stereocenters. The lowest BCUT2D eigenvalue weighted by Gasteiger charge is -2.29. The van der Waals surface area contributed by atoms with Gasteiger partial charge in [-0.2, -0.15) is 0 Å². The van der Waals surface area contributed by atoms with Gasteiger partial charge in [-0.05, 0) is 42.7 Å². The van der Waals surface area contributed by atoms with Crippen molar-refractivity contribution in [1.82, 2.24) is 9.97 Å². The van der Waals surface area contributed by atoms with Crippen molar-refractivity contribution < 1.29 is 4.79 Å². The Bertz CT molecular complexity index is 908. The van der Waals surface area contributed by atoms with E-state index in [1.165, 1.54) is 17.3 Å². The van der Waals surface area contributed by atoms with Crippen molar-refractivity contribution in [3.8, 4) is 0 Å². The summed E-state index contributed by atoms with van der Waals surface area (Å²) in [6.07, 6.45) is 2.05. The molecule has 0 saturated heterocycles. The number of anilines is 1. The average molecular weight is 358 g/mol. The van der Waals surface area contributed by atoms with Crippen LogP contribution in [0, 0.1) is 0 Å². The molecule has 1 aliphatic rings. The highest BCUT2D eigenvalue weighted by Gasteiger charge is 2.22. The third-order valence-electron chi connectivity index (χ3n) is 4.17. The first kappa shape index (κ1) is 15.5. The van der Waals surface area contributed by atoms with Crippen molar-refractivity contribution in [2.75, 3.05) is 17.2 Å². The summed E-state index contributed by atoms with van der Waals surface area (Å²) in [5, 5.41) is 1.41. The summed E-state index contributed by atoms with van der Waals surface area (Å²) in [5.74, 6) is 0.479. The third-order valence-corrected chi connectivity index (χ3v) is 5.26. The molecular formula is C18H16ClN3OS. The second-order valence-corrected chi connectivity index (χ2v) is 7.17. The number of nitrogens with zero attached hydrogens (tertiary/aromatic N) is 2. The maximum atomic E-state index is 12.6. The van der Waals surface area contributed by atoms with Crippen molar-refractivity contribution in [2.24, 2.45) is 0 Å². The number of aromatic amines is 1. The fraction of sp³-hybridized carbons (Fsp3) is 0.222. The summed E-state index contributed by atoms with van der Waals surface area (Å²) in [7, 11) is 0. The van der Waals surface area contributed by atoms with Crippen LogP contribution >= 0.6 is 23.4 Å². The summed E-state index contributed by atoms with van der Waals surface area (Å²) in [5.41, 5.74) is 4.05. The predicted molar refractivity (Wildman–Crippen MR) is 98.9 cm³/mol. The van der Waals surface area contributed by atoms with Crippen LogP contribution in [0.3, 0.4) is 0 Å². The SMILES string of the molecule is O=C(CSc1nc2ccc(Cl)cc2[nH]1)N1CCCc2ccccc21. The monoisotopic (exact) mass is 357 g/mol. The first-order valence-corrected chi connectivity index (χ1v) is 9.23. The van der Waals surface area contributed by atoms with E-state index in [0.29, 0.717) is 10.8 Å². The van der Waals surface area contributed by atoms with Crippen molar-refractivity contribution in [2.45, 2.75) is 18.0 Å². The van der Waals surface area contributed by atoms with Gasteiger partial charge in [0.1, 0.15) is 0 Å². The molecule has 0 bridgehead atoms. The van der Waals surface area contributed by atoms with Crippen molar-refractivity contribution >= 4 is 46.0 Å². The molecule has 24 heavy (non-hydrogen) atoms. The fourth-order valence-corrected chi connectivity index (χ4v) is 3.96. The van der Waals surface area contributed by atoms with E-state index in [2.05, 4.69) is 16.0 Å². The van der Waals surface area contributed by atoms with Gasteiger partial charge in [-0.25, -0.2) is 4.98 Å². The standard InChI is InChI=1S/C18H16ClN3OS/c19-13-7-8-14-15(10-13)21-18(20-14)24-11-17(23)22-9-3-5-12-4-1-2-6-16(12)22/h1-2,4,6-8,10H,3,5,9,11H2,(H,20,21). The highest BCUT2D eigenvalue weighted by Crippen LogP contribution is 2.28. The number of hydrogen-bond acceptors (Lipinski definition) is 3. The zero-order chi connectivity index (χ0) is 16.5. The first-order chi connectivity index (χ1) is 11.7. The molecule has 1 aliphatic heterocycles. The van der Waals surface area contributed by atoms with Gasteiger partial charge in [-0.3, -0.25) is 4.79 Å². The molecule has 0 spiro atoms. The van der Waals surface area contributed by atoms with E-state index in [1.807, 2.05) is 41.3 Å². The van der Waals surface area contributed by atoms with E-state index in [9.17, 15) is 4.79 Å². The minimum Gasteiger partial charge on any atom is -0.333 e. The molecule has 0 radical (unpaired) electrons. The summed E-state index contributed by atoms with van der Waals surface area (Å²) >= 11 is 7.42. The molecule has 4 nitrogen and oxygen atoms in total. The Balaban J connectivity index is 1.48. The van der Waals surface area contributed by atoms with E-state index < -0.39 is 0 Å². The van der Waals surface area contributed by atoms with Crippen LogP contribution in [0.25, 0.3) is 11.0 Å². The second kappa shape index (κ2) is 6.49. The number of fused-ring (bicyclic) bond motifs is 2. The summed E-state index contributed by atoms with van der Waals surface area (Å²) < 4.78 is 0. The molecule has 2 heterocycles. The number of H-pyrrole nitrogens is 1. The quantitative estimate of drug-likeness (QED) is 0.711. The fourth-order valence-electron chi connectivity index (χ4n) is 3.03. The van der Waals surface area contributed by atoms with Gasteiger partial charge >= 0.3 is 0 Å². The van der Waals surface area contributed by atoms with Crippen LogP contribution < -0.4 is 4.90 Å². The average Bonchev–Trinajstić information content (AvgIpc) is 3.01. The topological polar surface area (TPSA) is 49.0 Å². The molecule has 6 heteroatoms. The van der Waals surface area contributed by atoms with Crippen LogP contribution in [-0.4, -0.2) is 28.2 Å². The molecule has 1 amide bonds. The number of halogens is 1. The number of benzene rings is 2. The highest BCUT2D eigenvalue weighted by atomic mass is 35.5. The van der Waals surface area contributed by atoms with E-state index in [4.69, 9.17) is 11.6 Å². The van der Waals surface area contributed by atoms with Gasteiger partial charge in [-0.15, -0.1) is 0 Å². The molecule has 122 valence electrons. The smallest absolute Gasteiger partial charge is 0.237 e. The second-order valence-electron chi connectivity index (χ2n) is 5.77. The molecule has 0 saturated carbocycles. The van der Waals surface area contributed by atoms with Crippen LogP contribution in [0.15, 0.2) is 47.6 Å². The zero-order valence-electron chi connectivity index (χ0n) is 13.0. The molecule has 1 N–H and O–H groups in total. The lowest BCUT2D eigenvalue weighted by atomic mass is 10.0. The minimum absolute atomic E-state index is 0.116. The van der Waals surface area contributed by atoms with Crippen LogP contribution in [0.2, 0.25) is 5.02 Å². The molecule has 3 aromatic rings. The molecule has 0 fully saturated rings. The lowest BCUT2D eigenvalue weighted by Crippen LogP contribution is -2.36. The van der Waals surface area contributed by atoms with E-state index in [0.717, 1.165) is 41.3 Å². The number of para-hydroxylation sites is 1. The largest absolute Gasteiger partial charge is 0.333 e. The summed E-state index contributed by atoms with van der Waals surface area (Å²) in [6.45, 7) is 0.784. The van der Waals surface area contributed by atoms with Gasteiger partial charge in [0.05, 0.1) is 16.8 Å². The number of rotatable bonds is 3. The Labute approximate surface area is 149 Å². The maximum absolute atomic E-state index is 12.6. The molecular weight excluding hydrogens is 342 g/mol. The molecule has 0 atom stereocenters. The van der Waals surface area contributed by atoms with Gasteiger partial charge in [0.2, 0.25) is 5.91 Å². The van der Waals surface area contributed by atoms with E-state index in [-0.39, 0.29) is 5.91 Å². The molecule has 1 aromatic heterocycles. The van der Waals surface area contributed by atoms with Crippen molar-refractivity contribution in [3.05, 3.63) is 53.1 Å². The van der Waals surface area contributed by atoms with Gasteiger partial charge in [0, 0.05) is 17.3 Å². The Morgan fingerprint density at radius 2 is 2.17 bits per heavy atom. The highest BCUT2D eigenvalue weighted by molar-refractivity contribution is 7.99. The van der Waals surface area contributed by atoms with Gasteiger partial charge in [0.15, 0.2) is 5.16 Å². The Hall–Kier alpha value is -1.98. The number of carbonyl (C=O) groups excluding carboxylic acids is 1. The van der Waals surface area contributed by atoms with E-state index >= 15 is 0 Å². The summed E-state index contributed by atoms with van der Waals surface area (Å²) in [4.78, 5) is 22.2. The molecule has 2 aromatic carbocycles. The molecule has 0 aliphatic carbocycles. The normalized spacial score (nSPS) is 14.0. The number of nitrogens with one attached hydrogen (secondary N) is 1. The van der Waals surface area contributed by atoms with Crippen LogP contribution in [0.5, 0.6) is 0 Å². The van der Waals surface area contributed by atoms with Crippen LogP contribution in [-0.2, 0) is 11.2 Å². The Morgan fingerprint density at radius 1 is 1.29 bits per heavy atom. The summed E-state index contributed by atoms with van der Waals surface area (Å²) in [6, 6.07) is 13.7. The van der Waals surface area contributed by atoms with Crippen molar-refractivity contribution in [1.29, 1.82) is 0 Å². The van der Waals surface area contributed by atoms with Gasteiger partial charge < -0.3 is 9.88 Å². The maximum Gasteiger partial charge on any atom is 0.237 e. The number of aromatic nitrogens is 2. The zero-order valence-corrected chi connectivity index (χ0v) is 14.5. The number of hydrogen-bond donors (Lipinski definition) is 1. The van der Waals surface area contributed by atoms with Gasteiger partial charge in [-0.1, -0.05) is 41.6 Å². The lowest BCUT2D eigenvalue weighted by molar-refractivity contribution is -0.116. The minimum atomic E-state index is 0.116. The number of amides is 1. The molecule has 4 rings (SSSR count). The van der Waals surface area contributed by atoms with Crippen LogP contribution in [0.1, 0.15) is 12.0 Å². The number of imidazole rings is 1. The van der Waals surface area contributed by atoms with Crippen molar-refractivity contribution in [3.63, 3.8) is 0 Å². The Morgan fingerprint density at radius 3 is 3.08 bits per heavy atom. The van der Waals surface area contributed by atoms with Crippen LogP contribution in [0.4, 0.5) is 5.69 Å². The van der Waals surface area contributed by atoms with E-state index in [1.54, 1.807) is 0 Å². The number of carbonyl (C=O) groups is 1. The first-order valence-electron chi connectivity index (χ1n) is 7.87. The third kappa shape index (κ3) is 3.01. The predicted octanol–water partition coefficient (Wildman–Crippen LogP) is 4.29.